The van der Waals surface area contributed by atoms with Crippen molar-refractivity contribution in [2.24, 2.45) is 0 Å². The molecule has 2 aliphatic heterocycles. The predicted octanol–water partition coefficient (Wildman–Crippen LogP) is 1.81. The van der Waals surface area contributed by atoms with E-state index in [-0.39, 0.29) is 41.9 Å². The lowest BCUT2D eigenvalue weighted by molar-refractivity contribution is 0.0694. The van der Waals surface area contributed by atoms with Gasteiger partial charge in [0, 0.05) is 32.4 Å². The molecule has 1 fully saturated rings. The molecule has 0 saturated carbocycles. The van der Waals surface area contributed by atoms with Gasteiger partial charge in [0.15, 0.2) is 17.4 Å². The maximum Gasteiger partial charge on any atom is 0.341 e. The molecule has 1 saturated heterocycles. The Morgan fingerprint density at radius 3 is 2.73 bits per heavy atom. The molecule has 2 aliphatic rings. The molecule has 1 unspecified atom stereocenters. The maximum atomic E-state index is 15.2. The van der Waals surface area contributed by atoms with Crippen LogP contribution in [-0.2, 0) is 0 Å². The summed E-state index contributed by atoms with van der Waals surface area (Å²) >= 11 is 0. The highest BCUT2D eigenvalue weighted by Crippen LogP contribution is 2.42. The van der Waals surface area contributed by atoms with Crippen molar-refractivity contribution >= 4 is 28.4 Å². The van der Waals surface area contributed by atoms with Crippen molar-refractivity contribution in [3.8, 4) is 5.75 Å². The second kappa shape index (κ2) is 7.33. The third-order valence-electron chi connectivity index (χ3n) is 5.58. The SMILES string of the molecule is [C-]#[N+]CC(=N)N1CCN(c2c(F)cc3c(=O)c(C(=O)O)cn4c3c2OCC4C)CC1. The predicted molar refractivity (Wildman–Crippen MR) is 108 cm³/mol. The Kier molecular flexibility index (Phi) is 4.81. The summed E-state index contributed by atoms with van der Waals surface area (Å²) in [6.45, 7) is 10.7. The summed E-state index contributed by atoms with van der Waals surface area (Å²) in [6.07, 6.45) is 1.30. The van der Waals surface area contributed by atoms with Gasteiger partial charge in [0.1, 0.15) is 17.9 Å². The number of aromatic nitrogens is 1. The van der Waals surface area contributed by atoms with E-state index in [1.165, 1.54) is 6.20 Å². The zero-order chi connectivity index (χ0) is 21.6. The molecule has 4 rings (SSSR count). The summed E-state index contributed by atoms with van der Waals surface area (Å²) in [6, 6.07) is 0.872. The van der Waals surface area contributed by atoms with E-state index in [4.69, 9.17) is 16.7 Å². The maximum absolute atomic E-state index is 15.2. The van der Waals surface area contributed by atoms with E-state index in [1.54, 1.807) is 9.47 Å². The Balaban J connectivity index is 1.80. The standard InChI is InChI=1S/C20H20FN5O4/c1-11-10-30-19-16-12(18(27)13(20(28)29)9-26(11)16)7-14(21)17(19)25-5-3-24(4-6-25)15(22)8-23-2/h7,9,11,22H,3-6,8,10H2,1H3,(H,28,29). The third kappa shape index (κ3) is 3.03. The number of hydrogen-bond acceptors (Lipinski definition) is 5. The van der Waals surface area contributed by atoms with Crippen LogP contribution in [-0.4, -0.2) is 65.7 Å². The van der Waals surface area contributed by atoms with Crippen molar-refractivity contribution in [3.63, 3.8) is 0 Å². The smallest absolute Gasteiger partial charge is 0.341 e. The van der Waals surface area contributed by atoms with Crippen LogP contribution in [0.5, 0.6) is 5.75 Å². The molecule has 1 aromatic heterocycles. The normalized spacial score (nSPS) is 18.1. The van der Waals surface area contributed by atoms with Crippen LogP contribution in [0.4, 0.5) is 10.1 Å². The number of halogens is 1. The second-order valence-corrected chi connectivity index (χ2v) is 7.41. The minimum Gasteiger partial charge on any atom is -0.487 e. The van der Waals surface area contributed by atoms with Gasteiger partial charge in [-0.3, -0.25) is 10.2 Å². The number of piperazine rings is 1. The summed E-state index contributed by atoms with van der Waals surface area (Å²) < 4.78 is 22.7. The van der Waals surface area contributed by atoms with Gasteiger partial charge in [-0.25, -0.2) is 15.8 Å². The molecule has 10 heteroatoms. The van der Waals surface area contributed by atoms with Crippen LogP contribution in [0.1, 0.15) is 23.3 Å². The zero-order valence-corrected chi connectivity index (χ0v) is 16.3. The minimum absolute atomic E-state index is 0.00870. The molecule has 2 N–H and O–H groups in total. The number of carboxylic acids is 1. The molecular formula is C20H20FN5O4. The monoisotopic (exact) mass is 413 g/mol. The number of carbonyl (C=O) groups is 1. The van der Waals surface area contributed by atoms with Gasteiger partial charge in [0.2, 0.25) is 5.43 Å². The van der Waals surface area contributed by atoms with Gasteiger partial charge in [-0.05, 0) is 13.0 Å². The second-order valence-electron chi connectivity index (χ2n) is 7.41. The fourth-order valence-corrected chi connectivity index (χ4v) is 4.03. The number of benzene rings is 1. The van der Waals surface area contributed by atoms with Gasteiger partial charge in [-0.2, -0.15) is 0 Å². The van der Waals surface area contributed by atoms with E-state index in [0.29, 0.717) is 31.7 Å². The van der Waals surface area contributed by atoms with Gasteiger partial charge in [-0.15, -0.1) is 0 Å². The van der Waals surface area contributed by atoms with Crippen LogP contribution in [0.25, 0.3) is 15.7 Å². The summed E-state index contributed by atoms with van der Waals surface area (Å²) in [7, 11) is 0. The topological polar surface area (TPSA) is 103 Å². The van der Waals surface area contributed by atoms with E-state index in [9.17, 15) is 14.7 Å². The first-order valence-corrected chi connectivity index (χ1v) is 9.51. The quantitative estimate of drug-likeness (QED) is 0.452. The van der Waals surface area contributed by atoms with Crippen LogP contribution in [0.3, 0.4) is 0 Å². The number of aromatic carboxylic acids is 1. The molecule has 30 heavy (non-hydrogen) atoms. The van der Waals surface area contributed by atoms with Crippen LogP contribution in [0.2, 0.25) is 0 Å². The van der Waals surface area contributed by atoms with Crippen molar-refractivity contribution in [1.29, 1.82) is 5.41 Å². The average molecular weight is 413 g/mol. The molecule has 156 valence electrons. The van der Waals surface area contributed by atoms with Crippen molar-refractivity contribution in [1.82, 2.24) is 9.47 Å². The first kappa shape index (κ1) is 19.7. The number of pyridine rings is 1. The van der Waals surface area contributed by atoms with Crippen molar-refractivity contribution in [2.75, 3.05) is 44.2 Å². The van der Waals surface area contributed by atoms with Crippen molar-refractivity contribution < 1.29 is 19.0 Å². The fraction of sp³-hybridized carbons (Fsp3) is 0.400. The minimum atomic E-state index is -1.35. The van der Waals surface area contributed by atoms with Gasteiger partial charge < -0.3 is 29.1 Å². The van der Waals surface area contributed by atoms with E-state index < -0.39 is 22.8 Å². The molecule has 0 radical (unpaired) electrons. The lowest BCUT2D eigenvalue weighted by Crippen LogP contribution is -2.49. The fourth-order valence-electron chi connectivity index (χ4n) is 4.03. The first-order chi connectivity index (χ1) is 14.3. The van der Waals surface area contributed by atoms with E-state index in [1.807, 2.05) is 11.8 Å². The average Bonchev–Trinajstić information content (AvgIpc) is 2.72. The van der Waals surface area contributed by atoms with E-state index >= 15 is 4.39 Å². The summed E-state index contributed by atoms with van der Waals surface area (Å²) in [4.78, 5) is 31.0. The molecular weight excluding hydrogens is 393 g/mol. The Morgan fingerprint density at radius 2 is 2.10 bits per heavy atom. The Morgan fingerprint density at radius 1 is 1.40 bits per heavy atom. The number of ether oxygens (including phenoxy) is 1. The van der Waals surface area contributed by atoms with Gasteiger partial charge in [0.25, 0.3) is 6.54 Å². The number of carboxylic acid groups (broad SMARTS) is 1. The highest BCUT2D eigenvalue weighted by atomic mass is 19.1. The van der Waals surface area contributed by atoms with Crippen molar-refractivity contribution in [3.05, 3.63) is 45.3 Å². The number of hydrogen-bond donors (Lipinski definition) is 2. The number of amidine groups is 1. The molecule has 0 amide bonds. The van der Waals surface area contributed by atoms with E-state index in [0.717, 1.165) is 6.07 Å². The largest absolute Gasteiger partial charge is 0.487 e. The summed E-state index contributed by atoms with van der Waals surface area (Å²) in [5.74, 6) is -1.52. The van der Waals surface area contributed by atoms with Crippen LogP contribution in [0, 0.1) is 17.8 Å². The van der Waals surface area contributed by atoms with E-state index in [2.05, 4.69) is 4.85 Å². The molecule has 0 aliphatic carbocycles. The number of rotatable bonds is 3. The molecule has 0 spiro atoms. The van der Waals surface area contributed by atoms with Gasteiger partial charge in [0.05, 0.1) is 16.9 Å². The van der Waals surface area contributed by atoms with Crippen LogP contribution >= 0.6 is 0 Å². The first-order valence-electron chi connectivity index (χ1n) is 9.51. The Labute approximate surface area is 171 Å². The lowest BCUT2D eigenvalue weighted by atomic mass is 10.1. The van der Waals surface area contributed by atoms with Crippen molar-refractivity contribution in [2.45, 2.75) is 13.0 Å². The number of nitrogens with one attached hydrogen (secondary N) is 1. The number of anilines is 1. The van der Waals surface area contributed by atoms with Gasteiger partial charge in [-0.1, -0.05) is 0 Å². The molecule has 9 nitrogen and oxygen atoms in total. The molecule has 2 aromatic rings. The summed E-state index contributed by atoms with van der Waals surface area (Å²) in [5.41, 5.74) is -0.512. The van der Waals surface area contributed by atoms with Gasteiger partial charge >= 0.3 is 5.97 Å². The molecule has 1 atom stereocenters. The van der Waals surface area contributed by atoms with Crippen LogP contribution in [0.15, 0.2) is 17.1 Å². The van der Waals surface area contributed by atoms with Crippen LogP contribution < -0.4 is 15.1 Å². The summed E-state index contributed by atoms with van der Waals surface area (Å²) in [5, 5.41) is 17.3. The highest BCUT2D eigenvalue weighted by molar-refractivity contribution is 5.97. The molecule has 3 heterocycles. The molecule has 1 aromatic carbocycles. The molecule has 0 bridgehead atoms. The number of nitrogens with zero attached hydrogens (tertiary/aromatic N) is 4. The Bertz CT molecular complexity index is 1160. The lowest BCUT2D eigenvalue weighted by Gasteiger charge is -2.38. The Hall–Kier alpha value is -3.61. The zero-order valence-electron chi connectivity index (χ0n) is 16.3. The highest BCUT2D eigenvalue weighted by Gasteiger charge is 2.31. The third-order valence-corrected chi connectivity index (χ3v) is 5.58.